The zero-order valence-corrected chi connectivity index (χ0v) is 17.5. The molecular formula is C24H22N4O4. The summed E-state index contributed by atoms with van der Waals surface area (Å²) in [6, 6.07) is 12.2. The predicted molar refractivity (Wildman–Crippen MR) is 119 cm³/mol. The summed E-state index contributed by atoms with van der Waals surface area (Å²) in [6.07, 6.45) is 6.78. The first-order valence-electron chi connectivity index (χ1n) is 9.94. The van der Waals surface area contributed by atoms with Gasteiger partial charge in [0.15, 0.2) is 0 Å². The second-order valence-electron chi connectivity index (χ2n) is 7.14. The van der Waals surface area contributed by atoms with Crippen LogP contribution in [0.1, 0.15) is 26.5 Å². The third-order valence-electron chi connectivity index (χ3n) is 5.23. The Kier molecular flexibility index (Phi) is 5.87. The van der Waals surface area contributed by atoms with E-state index >= 15 is 0 Å². The van der Waals surface area contributed by atoms with Gasteiger partial charge in [-0.05, 0) is 30.3 Å². The number of ether oxygens (including phenoxy) is 1. The second-order valence-corrected chi connectivity index (χ2v) is 7.14. The fourth-order valence-corrected chi connectivity index (χ4v) is 3.65. The number of hydrogen-bond donors (Lipinski definition) is 2. The summed E-state index contributed by atoms with van der Waals surface area (Å²) < 4.78 is 7.18. The molecule has 0 aliphatic carbocycles. The van der Waals surface area contributed by atoms with Gasteiger partial charge in [-0.2, -0.15) is 0 Å². The van der Waals surface area contributed by atoms with Gasteiger partial charge in [0.1, 0.15) is 11.6 Å². The van der Waals surface area contributed by atoms with Crippen LogP contribution in [0.2, 0.25) is 0 Å². The molecule has 4 rings (SSSR count). The van der Waals surface area contributed by atoms with Crippen molar-refractivity contribution in [2.75, 3.05) is 7.11 Å². The lowest BCUT2D eigenvalue weighted by molar-refractivity contribution is 0.0636. The zero-order chi connectivity index (χ0) is 22.7. The number of amides is 2. The number of imidazole rings is 1. The van der Waals surface area contributed by atoms with Crippen LogP contribution in [0, 0.1) is 0 Å². The van der Waals surface area contributed by atoms with E-state index in [-0.39, 0.29) is 24.9 Å². The average molecular weight is 430 g/mol. The number of benzene rings is 2. The van der Waals surface area contributed by atoms with Gasteiger partial charge in [0.25, 0.3) is 11.8 Å². The molecule has 0 saturated heterocycles. The zero-order valence-electron chi connectivity index (χ0n) is 17.5. The molecule has 162 valence electrons. The molecule has 2 heterocycles. The van der Waals surface area contributed by atoms with Crippen LogP contribution < -0.4 is 10.2 Å². The maximum absolute atomic E-state index is 12.9. The van der Waals surface area contributed by atoms with Crippen molar-refractivity contribution in [1.82, 2.24) is 19.9 Å². The summed E-state index contributed by atoms with van der Waals surface area (Å²) in [7, 11) is 1.57. The van der Waals surface area contributed by atoms with E-state index in [1.165, 1.54) is 4.90 Å². The third-order valence-corrected chi connectivity index (χ3v) is 5.23. The molecule has 8 heteroatoms. The number of carbonyl (C=O) groups excluding carboxylic acids is 2. The van der Waals surface area contributed by atoms with Gasteiger partial charge in [0.2, 0.25) is 0 Å². The first-order chi connectivity index (χ1) is 15.6. The van der Waals surface area contributed by atoms with E-state index in [0.717, 1.165) is 5.52 Å². The first kappa shape index (κ1) is 21.1. The highest BCUT2D eigenvalue weighted by Crippen LogP contribution is 2.27. The van der Waals surface area contributed by atoms with Crippen LogP contribution in [0.4, 0.5) is 0 Å². The molecule has 0 bridgehead atoms. The Hall–Kier alpha value is -4.17. The minimum atomic E-state index is -0.355. The maximum atomic E-state index is 12.9. The number of hydroxylamine groups is 1. The SMILES string of the molecule is C=C/C=C\C=C(\Cn1c(CN2C(=O)c3ccccc3C2=O)nc2ccc(OC)cc21)NO. The quantitative estimate of drug-likeness (QED) is 0.323. The Morgan fingerprint density at radius 3 is 2.50 bits per heavy atom. The van der Waals surface area contributed by atoms with Gasteiger partial charge in [0, 0.05) is 6.07 Å². The van der Waals surface area contributed by atoms with Crippen molar-refractivity contribution in [3.63, 3.8) is 0 Å². The number of fused-ring (bicyclic) bond motifs is 2. The van der Waals surface area contributed by atoms with Crippen LogP contribution in [0.3, 0.4) is 0 Å². The lowest BCUT2D eigenvalue weighted by Gasteiger charge is -2.16. The Morgan fingerprint density at radius 2 is 1.88 bits per heavy atom. The number of imide groups is 1. The number of nitrogens with one attached hydrogen (secondary N) is 1. The van der Waals surface area contributed by atoms with Gasteiger partial charge in [-0.3, -0.25) is 25.2 Å². The topological polar surface area (TPSA) is 96.7 Å². The van der Waals surface area contributed by atoms with Crippen LogP contribution in [0.25, 0.3) is 11.0 Å². The molecule has 2 amide bonds. The molecule has 0 saturated carbocycles. The Labute approximate surface area is 184 Å². The minimum Gasteiger partial charge on any atom is -0.497 e. The average Bonchev–Trinajstić information content (AvgIpc) is 3.28. The monoisotopic (exact) mass is 430 g/mol. The molecule has 8 nitrogen and oxygen atoms in total. The number of aromatic nitrogens is 2. The highest BCUT2D eigenvalue weighted by molar-refractivity contribution is 6.21. The van der Waals surface area contributed by atoms with E-state index in [0.29, 0.717) is 33.9 Å². The Balaban J connectivity index is 1.76. The largest absolute Gasteiger partial charge is 0.497 e. The third kappa shape index (κ3) is 3.79. The number of carbonyl (C=O) groups is 2. The first-order valence-corrected chi connectivity index (χ1v) is 9.94. The molecule has 0 radical (unpaired) electrons. The summed E-state index contributed by atoms with van der Waals surface area (Å²) in [4.78, 5) is 31.6. The van der Waals surface area contributed by atoms with E-state index in [1.54, 1.807) is 61.7 Å². The lowest BCUT2D eigenvalue weighted by Crippen LogP contribution is -2.31. The number of hydrogen-bond acceptors (Lipinski definition) is 6. The molecule has 0 fully saturated rings. The van der Waals surface area contributed by atoms with Crippen molar-refractivity contribution < 1.29 is 19.5 Å². The molecule has 3 aromatic rings. The summed E-state index contributed by atoms with van der Waals surface area (Å²) in [6.45, 7) is 3.84. The summed E-state index contributed by atoms with van der Waals surface area (Å²) in [5.74, 6) is 0.426. The van der Waals surface area contributed by atoms with Crippen LogP contribution in [-0.2, 0) is 13.1 Å². The fourth-order valence-electron chi connectivity index (χ4n) is 3.65. The standard InChI is InChI=1S/C24H22N4O4/c1-3-4-5-8-16(26-31)14-27-21-13-17(32-2)11-12-20(21)25-22(27)15-28-23(29)18-9-6-7-10-19(18)24(28)30/h3-13,26,31H,1,14-15H2,2H3/b5-4-,16-8-. The van der Waals surface area contributed by atoms with Crippen molar-refractivity contribution >= 4 is 22.8 Å². The number of rotatable bonds is 8. The molecule has 0 atom stereocenters. The Bertz CT molecular complexity index is 1240. The summed E-state index contributed by atoms with van der Waals surface area (Å²) in [5.41, 5.74) is 4.86. The number of methoxy groups -OCH3 is 1. The van der Waals surface area contributed by atoms with Crippen molar-refractivity contribution in [3.05, 3.63) is 96.0 Å². The fraction of sp³-hybridized carbons (Fsp3) is 0.125. The Morgan fingerprint density at radius 1 is 1.16 bits per heavy atom. The van der Waals surface area contributed by atoms with Gasteiger partial charge in [0.05, 0.1) is 48.1 Å². The van der Waals surface area contributed by atoms with Crippen LogP contribution in [0.15, 0.2) is 79.0 Å². The molecule has 1 aliphatic heterocycles. The van der Waals surface area contributed by atoms with Gasteiger partial charge >= 0.3 is 0 Å². The van der Waals surface area contributed by atoms with Gasteiger partial charge in [-0.1, -0.05) is 36.9 Å². The van der Waals surface area contributed by atoms with Crippen molar-refractivity contribution in [3.8, 4) is 5.75 Å². The van der Waals surface area contributed by atoms with E-state index in [1.807, 2.05) is 16.7 Å². The van der Waals surface area contributed by atoms with E-state index in [2.05, 4.69) is 17.0 Å². The normalized spacial score (nSPS) is 13.8. The van der Waals surface area contributed by atoms with Gasteiger partial charge in [-0.25, -0.2) is 4.98 Å². The molecule has 1 aromatic heterocycles. The summed E-state index contributed by atoms with van der Waals surface area (Å²) >= 11 is 0. The van der Waals surface area contributed by atoms with Crippen molar-refractivity contribution in [1.29, 1.82) is 0 Å². The van der Waals surface area contributed by atoms with Gasteiger partial charge in [-0.15, -0.1) is 0 Å². The van der Waals surface area contributed by atoms with E-state index < -0.39 is 0 Å². The number of nitrogens with zero attached hydrogens (tertiary/aromatic N) is 3. The van der Waals surface area contributed by atoms with E-state index in [4.69, 9.17) is 4.74 Å². The molecule has 2 N–H and O–H groups in total. The second kappa shape index (κ2) is 8.91. The minimum absolute atomic E-state index is 0.00938. The molecular weight excluding hydrogens is 408 g/mol. The highest BCUT2D eigenvalue weighted by atomic mass is 16.5. The van der Waals surface area contributed by atoms with Crippen LogP contribution >= 0.6 is 0 Å². The molecule has 1 aliphatic rings. The van der Waals surface area contributed by atoms with Crippen molar-refractivity contribution in [2.24, 2.45) is 0 Å². The number of allylic oxidation sites excluding steroid dienone is 5. The predicted octanol–water partition coefficient (Wildman–Crippen LogP) is 3.45. The smallest absolute Gasteiger partial charge is 0.261 e. The highest BCUT2D eigenvalue weighted by Gasteiger charge is 2.36. The van der Waals surface area contributed by atoms with Crippen molar-refractivity contribution in [2.45, 2.75) is 13.1 Å². The summed E-state index contributed by atoms with van der Waals surface area (Å²) in [5, 5.41) is 9.62. The van der Waals surface area contributed by atoms with E-state index in [9.17, 15) is 14.8 Å². The van der Waals surface area contributed by atoms with Crippen LogP contribution in [0.5, 0.6) is 5.75 Å². The van der Waals surface area contributed by atoms with Gasteiger partial charge < -0.3 is 9.30 Å². The maximum Gasteiger partial charge on any atom is 0.261 e. The molecule has 0 spiro atoms. The van der Waals surface area contributed by atoms with Crippen LogP contribution in [-0.4, -0.2) is 38.6 Å². The molecule has 32 heavy (non-hydrogen) atoms. The molecule has 2 aromatic carbocycles. The molecule has 0 unspecified atom stereocenters. The lowest BCUT2D eigenvalue weighted by atomic mass is 10.1.